The molecule has 1 aliphatic rings. The zero-order valence-electron chi connectivity index (χ0n) is 15.6. The van der Waals surface area contributed by atoms with Crippen LogP contribution in [-0.4, -0.2) is 39.4 Å². The van der Waals surface area contributed by atoms with E-state index in [0.717, 1.165) is 17.7 Å². The molecule has 2 amide bonds. The number of amides is 2. The molecule has 1 aliphatic heterocycles. The number of anilines is 1. The highest BCUT2D eigenvalue weighted by atomic mass is 32.2. The number of nitrogens with one attached hydrogen (secondary N) is 1. The molecule has 146 valence electrons. The summed E-state index contributed by atoms with van der Waals surface area (Å²) in [5.74, 6) is 0.455. The molecule has 0 spiro atoms. The van der Waals surface area contributed by atoms with Gasteiger partial charge < -0.3 is 10.1 Å². The summed E-state index contributed by atoms with van der Waals surface area (Å²) >= 11 is 6.65. The van der Waals surface area contributed by atoms with Gasteiger partial charge in [-0.25, -0.2) is 0 Å². The molecule has 0 bridgehead atoms. The Morgan fingerprint density at radius 2 is 1.89 bits per heavy atom. The number of ether oxygens (including phenoxy) is 1. The van der Waals surface area contributed by atoms with Crippen molar-refractivity contribution in [3.05, 3.63) is 60.2 Å². The van der Waals surface area contributed by atoms with E-state index in [0.29, 0.717) is 23.2 Å². The lowest BCUT2D eigenvalue weighted by atomic mass is 10.1. The Hall–Kier alpha value is -2.38. The number of hydrogen-bond donors (Lipinski definition) is 1. The lowest BCUT2D eigenvalue weighted by molar-refractivity contribution is -0.128. The smallest absolute Gasteiger partial charge is 0.242 e. The summed E-state index contributed by atoms with van der Waals surface area (Å²) in [6.07, 6.45) is 0.830. The predicted octanol–water partition coefficient (Wildman–Crippen LogP) is 3.89. The Morgan fingerprint density at radius 3 is 2.57 bits per heavy atom. The Morgan fingerprint density at radius 1 is 1.18 bits per heavy atom. The third-order valence-corrected chi connectivity index (χ3v) is 5.88. The first-order valence-electron chi connectivity index (χ1n) is 9.15. The highest BCUT2D eigenvalue weighted by Crippen LogP contribution is 2.30. The topological polar surface area (TPSA) is 58.6 Å². The van der Waals surface area contributed by atoms with Crippen molar-refractivity contribution in [3.63, 3.8) is 0 Å². The number of rotatable bonds is 8. The van der Waals surface area contributed by atoms with E-state index in [4.69, 9.17) is 17.0 Å². The molecule has 3 rings (SSSR count). The number of thiocarbonyl (C=S) groups is 1. The van der Waals surface area contributed by atoms with Crippen molar-refractivity contribution in [2.45, 2.75) is 25.0 Å². The zero-order valence-corrected chi connectivity index (χ0v) is 17.2. The number of nitrogens with zero attached hydrogens (tertiary/aromatic N) is 1. The van der Waals surface area contributed by atoms with Gasteiger partial charge in [0.05, 0.1) is 11.9 Å². The second-order valence-corrected chi connectivity index (χ2v) is 8.14. The summed E-state index contributed by atoms with van der Waals surface area (Å²) in [6.45, 7) is 3.04. The average Bonchev–Trinajstić information content (AvgIpc) is 2.95. The Balaban J connectivity index is 1.52. The van der Waals surface area contributed by atoms with Crippen molar-refractivity contribution < 1.29 is 14.3 Å². The van der Waals surface area contributed by atoms with Gasteiger partial charge in [-0.05, 0) is 43.2 Å². The Kier molecular flexibility index (Phi) is 7.06. The predicted molar refractivity (Wildman–Crippen MR) is 117 cm³/mol. The molecule has 0 aromatic heterocycles. The van der Waals surface area contributed by atoms with Gasteiger partial charge in [0.1, 0.15) is 10.1 Å². The van der Waals surface area contributed by atoms with Crippen LogP contribution in [0.4, 0.5) is 5.69 Å². The van der Waals surface area contributed by atoms with Crippen LogP contribution < -0.4 is 10.1 Å². The SMILES string of the molecule is CCOc1ccc(NC(=O)CC2SC(=S)N(CCc3ccccc3)C2=O)cc1. The monoisotopic (exact) mass is 414 g/mol. The maximum absolute atomic E-state index is 12.7. The zero-order chi connectivity index (χ0) is 19.9. The molecule has 1 unspecified atom stereocenters. The lowest BCUT2D eigenvalue weighted by Gasteiger charge is -2.15. The minimum atomic E-state index is -0.467. The van der Waals surface area contributed by atoms with Crippen LogP contribution in [0, 0.1) is 0 Å². The average molecular weight is 415 g/mol. The van der Waals surface area contributed by atoms with E-state index >= 15 is 0 Å². The van der Waals surface area contributed by atoms with Crippen molar-refractivity contribution in [1.29, 1.82) is 0 Å². The maximum atomic E-state index is 12.7. The second kappa shape index (κ2) is 9.71. The molecule has 1 atom stereocenters. The summed E-state index contributed by atoms with van der Waals surface area (Å²) < 4.78 is 5.93. The van der Waals surface area contributed by atoms with Crippen LogP contribution in [0.5, 0.6) is 5.75 Å². The van der Waals surface area contributed by atoms with Crippen LogP contribution >= 0.6 is 24.0 Å². The summed E-state index contributed by atoms with van der Waals surface area (Å²) in [5.41, 5.74) is 1.83. The molecule has 2 aromatic carbocycles. The summed E-state index contributed by atoms with van der Waals surface area (Å²) in [5, 5.41) is 2.36. The van der Waals surface area contributed by atoms with Gasteiger partial charge >= 0.3 is 0 Å². The molecule has 1 N–H and O–H groups in total. The third-order valence-electron chi connectivity index (χ3n) is 4.29. The molecule has 1 saturated heterocycles. The van der Waals surface area contributed by atoms with Crippen LogP contribution in [0.2, 0.25) is 0 Å². The standard InChI is InChI=1S/C21H22N2O3S2/c1-2-26-17-10-8-16(9-11-17)22-19(24)14-18-20(25)23(21(27)28-18)13-12-15-6-4-3-5-7-15/h3-11,18H,2,12-14H2,1H3,(H,22,24). The van der Waals surface area contributed by atoms with E-state index in [-0.39, 0.29) is 18.2 Å². The molecule has 0 radical (unpaired) electrons. The summed E-state index contributed by atoms with van der Waals surface area (Å²) in [6, 6.07) is 17.1. The molecule has 28 heavy (non-hydrogen) atoms. The van der Waals surface area contributed by atoms with E-state index in [1.807, 2.05) is 37.3 Å². The fraction of sp³-hybridized carbons (Fsp3) is 0.286. The van der Waals surface area contributed by atoms with Gasteiger partial charge in [0, 0.05) is 18.7 Å². The first-order valence-corrected chi connectivity index (χ1v) is 10.4. The second-order valence-electron chi connectivity index (χ2n) is 6.31. The van der Waals surface area contributed by atoms with Crippen LogP contribution in [-0.2, 0) is 16.0 Å². The fourth-order valence-electron chi connectivity index (χ4n) is 2.90. The molecular formula is C21H22N2O3S2. The van der Waals surface area contributed by atoms with Gasteiger partial charge in [-0.3, -0.25) is 14.5 Å². The Labute approximate surface area is 174 Å². The van der Waals surface area contributed by atoms with Crippen LogP contribution in [0.25, 0.3) is 0 Å². The van der Waals surface area contributed by atoms with Gasteiger partial charge in [0.15, 0.2) is 0 Å². The molecule has 7 heteroatoms. The van der Waals surface area contributed by atoms with Crippen molar-refractivity contribution >= 4 is 45.8 Å². The number of thioether (sulfide) groups is 1. The largest absolute Gasteiger partial charge is 0.494 e. The number of carbonyl (C=O) groups is 2. The summed E-state index contributed by atoms with van der Waals surface area (Å²) in [7, 11) is 0. The fourth-order valence-corrected chi connectivity index (χ4v) is 4.44. The first-order chi connectivity index (χ1) is 13.6. The van der Waals surface area contributed by atoms with Crippen molar-refractivity contribution in [2.75, 3.05) is 18.5 Å². The quantitative estimate of drug-likeness (QED) is 0.664. The van der Waals surface area contributed by atoms with E-state index in [1.165, 1.54) is 11.8 Å². The van der Waals surface area contributed by atoms with E-state index in [9.17, 15) is 9.59 Å². The lowest BCUT2D eigenvalue weighted by Crippen LogP contribution is -2.34. The molecule has 0 saturated carbocycles. The van der Waals surface area contributed by atoms with Gasteiger partial charge in [-0.1, -0.05) is 54.3 Å². The molecule has 5 nitrogen and oxygen atoms in total. The minimum Gasteiger partial charge on any atom is -0.494 e. The van der Waals surface area contributed by atoms with Crippen molar-refractivity contribution in [3.8, 4) is 5.75 Å². The molecule has 0 aliphatic carbocycles. The number of benzene rings is 2. The molecular weight excluding hydrogens is 392 g/mol. The van der Waals surface area contributed by atoms with E-state index < -0.39 is 5.25 Å². The van der Waals surface area contributed by atoms with Crippen molar-refractivity contribution in [1.82, 2.24) is 4.90 Å². The van der Waals surface area contributed by atoms with Gasteiger partial charge in [0.25, 0.3) is 0 Å². The van der Waals surface area contributed by atoms with E-state index in [1.54, 1.807) is 29.2 Å². The third kappa shape index (κ3) is 5.33. The number of carbonyl (C=O) groups excluding carboxylic acids is 2. The highest BCUT2D eigenvalue weighted by Gasteiger charge is 2.37. The molecule has 1 heterocycles. The van der Waals surface area contributed by atoms with Gasteiger partial charge in [0.2, 0.25) is 11.8 Å². The maximum Gasteiger partial charge on any atom is 0.242 e. The highest BCUT2D eigenvalue weighted by molar-refractivity contribution is 8.24. The van der Waals surface area contributed by atoms with Gasteiger partial charge in [-0.2, -0.15) is 0 Å². The van der Waals surface area contributed by atoms with Crippen LogP contribution in [0.15, 0.2) is 54.6 Å². The minimum absolute atomic E-state index is 0.0900. The Bertz CT molecular complexity index is 840. The van der Waals surface area contributed by atoms with Crippen LogP contribution in [0.3, 0.4) is 0 Å². The van der Waals surface area contributed by atoms with Crippen molar-refractivity contribution in [2.24, 2.45) is 0 Å². The molecule has 1 fully saturated rings. The first kappa shape index (κ1) is 20.4. The molecule has 2 aromatic rings. The summed E-state index contributed by atoms with van der Waals surface area (Å²) in [4.78, 5) is 26.6. The van der Waals surface area contributed by atoms with Crippen LogP contribution in [0.1, 0.15) is 18.9 Å². The van der Waals surface area contributed by atoms with Gasteiger partial charge in [-0.15, -0.1) is 0 Å². The normalized spacial score (nSPS) is 16.3. The number of hydrogen-bond acceptors (Lipinski definition) is 5. The van der Waals surface area contributed by atoms with E-state index in [2.05, 4.69) is 5.32 Å².